The molecule has 2 aromatic heterocycles. The number of carbonyl (C=O) groups is 2. The maximum Gasteiger partial charge on any atom is 0.268 e. The van der Waals surface area contributed by atoms with Gasteiger partial charge in [-0.25, -0.2) is 0 Å². The van der Waals surface area contributed by atoms with Crippen molar-refractivity contribution in [3.05, 3.63) is 60.2 Å². The van der Waals surface area contributed by atoms with Crippen molar-refractivity contribution in [2.24, 2.45) is 7.05 Å². The first-order valence-corrected chi connectivity index (χ1v) is 5.85. The normalized spacial score (nSPS) is 10.8. The van der Waals surface area contributed by atoms with Crippen LogP contribution in [-0.4, -0.2) is 16.1 Å². The zero-order valence-electron chi connectivity index (χ0n) is 10.3. The van der Waals surface area contributed by atoms with Gasteiger partial charge in [-0.3, -0.25) is 9.59 Å². The maximum absolute atomic E-state index is 12.2. The molecule has 0 unspecified atom stereocenters. The van der Waals surface area contributed by atoms with Crippen molar-refractivity contribution < 1.29 is 14.0 Å². The van der Waals surface area contributed by atoms with Crippen LogP contribution in [-0.2, 0) is 7.05 Å². The van der Waals surface area contributed by atoms with Gasteiger partial charge < -0.3 is 8.98 Å². The van der Waals surface area contributed by atoms with Gasteiger partial charge in [0.25, 0.3) is 5.78 Å². The summed E-state index contributed by atoms with van der Waals surface area (Å²) in [5, 5.41) is 0.773. The minimum atomic E-state index is -0.624. The Morgan fingerprint density at radius 2 is 1.84 bits per heavy atom. The number of aryl methyl sites for hydroxylation is 1. The molecular formula is C15H11NO3. The highest BCUT2D eigenvalue weighted by Crippen LogP contribution is 2.22. The molecular weight excluding hydrogens is 242 g/mol. The van der Waals surface area contributed by atoms with Gasteiger partial charge in [0.05, 0.1) is 11.8 Å². The Morgan fingerprint density at radius 3 is 2.58 bits per heavy atom. The molecule has 3 aromatic rings. The fraction of sp³-hybridized carbons (Fsp3) is 0.0667. The molecule has 4 nitrogen and oxygen atoms in total. The van der Waals surface area contributed by atoms with Crippen LogP contribution in [0.25, 0.3) is 10.9 Å². The maximum atomic E-state index is 12.2. The van der Waals surface area contributed by atoms with Crippen molar-refractivity contribution in [2.45, 2.75) is 0 Å². The summed E-state index contributed by atoms with van der Waals surface area (Å²) in [7, 11) is 1.84. The highest BCUT2D eigenvalue weighted by atomic mass is 16.3. The number of furan rings is 1. The summed E-state index contributed by atoms with van der Waals surface area (Å²) in [5.74, 6) is -1.11. The Kier molecular flexibility index (Phi) is 2.56. The molecule has 3 rings (SSSR count). The van der Waals surface area contributed by atoms with Crippen molar-refractivity contribution in [1.82, 2.24) is 4.57 Å². The third-order valence-electron chi connectivity index (χ3n) is 3.09. The number of hydrogen-bond acceptors (Lipinski definition) is 3. The monoisotopic (exact) mass is 253 g/mol. The lowest BCUT2D eigenvalue weighted by molar-refractivity contribution is 0.0801. The second-order valence-electron chi connectivity index (χ2n) is 4.31. The van der Waals surface area contributed by atoms with Gasteiger partial charge in [0, 0.05) is 24.1 Å². The molecule has 0 fully saturated rings. The van der Waals surface area contributed by atoms with Gasteiger partial charge in [-0.1, -0.05) is 18.2 Å². The van der Waals surface area contributed by atoms with E-state index in [-0.39, 0.29) is 5.76 Å². The van der Waals surface area contributed by atoms with Crippen LogP contribution >= 0.6 is 0 Å². The molecule has 94 valence electrons. The summed E-state index contributed by atoms with van der Waals surface area (Å²) in [6.45, 7) is 0. The molecule has 0 N–H and O–H groups in total. The predicted molar refractivity (Wildman–Crippen MR) is 70.3 cm³/mol. The summed E-state index contributed by atoms with van der Waals surface area (Å²) in [6, 6.07) is 10.6. The molecule has 1 aromatic carbocycles. The molecule has 4 heteroatoms. The van der Waals surface area contributed by atoms with Gasteiger partial charge in [-0.2, -0.15) is 0 Å². The number of rotatable bonds is 3. The fourth-order valence-electron chi connectivity index (χ4n) is 2.16. The van der Waals surface area contributed by atoms with Crippen molar-refractivity contribution in [1.29, 1.82) is 0 Å². The van der Waals surface area contributed by atoms with Crippen LogP contribution in [0.3, 0.4) is 0 Å². The van der Waals surface area contributed by atoms with E-state index in [1.165, 1.54) is 12.3 Å². The third kappa shape index (κ3) is 1.78. The van der Waals surface area contributed by atoms with E-state index >= 15 is 0 Å². The average Bonchev–Trinajstić information content (AvgIpc) is 3.06. The van der Waals surface area contributed by atoms with Crippen molar-refractivity contribution in [3.63, 3.8) is 0 Å². The molecule has 0 atom stereocenters. The van der Waals surface area contributed by atoms with Gasteiger partial charge in [0.1, 0.15) is 0 Å². The van der Waals surface area contributed by atoms with E-state index in [2.05, 4.69) is 0 Å². The van der Waals surface area contributed by atoms with Crippen molar-refractivity contribution in [3.8, 4) is 0 Å². The summed E-state index contributed by atoms with van der Waals surface area (Å²) in [4.78, 5) is 24.3. The van der Waals surface area contributed by atoms with Crippen molar-refractivity contribution in [2.75, 3.05) is 0 Å². The number of benzene rings is 1. The SMILES string of the molecule is Cn1cc(C(=O)C(=O)c2ccco2)c2ccccc21. The lowest BCUT2D eigenvalue weighted by atomic mass is 10.1. The number of carbonyl (C=O) groups excluding carboxylic acids is 2. The molecule has 0 spiro atoms. The minimum Gasteiger partial charge on any atom is -0.461 e. The first kappa shape index (κ1) is 11.5. The van der Waals surface area contributed by atoms with Gasteiger partial charge >= 0.3 is 0 Å². The van der Waals surface area contributed by atoms with E-state index in [0.29, 0.717) is 5.56 Å². The van der Waals surface area contributed by atoms with E-state index in [9.17, 15) is 9.59 Å². The van der Waals surface area contributed by atoms with Crippen LogP contribution in [0.5, 0.6) is 0 Å². The molecule has 0 amide bonds. The molecule has 0 aliphatic carbocycles. The standard InChI is InChI=1S/C15H11NO3/c1-16-9-11(10-5-2-3-6-12(10)16)14(17)15(18)13-7-4-8-19-13/h2-9H,1H3. The van der Waals surface area contributed by atoms with Gasteiger partial charge in [-0.15, -0.1) is 0 Å². The van der Waals surface area contributed by atoms with Crippen LogP contribution in [0.4, 0.5) is 0 Å². The van der Waals surface area contributed by atoms with Crippen LogP contribution in [0.15, 0.2) is 53.3 Å². The largest absolute Gasteiger partial charge is 0.461 e. The zero-order chi connectivity index (χ0) is 13.4. The Hall–Kier alpha value is -2.62. The number of Topliss-reactive ketones (excluding diaryl/α,β-unsaturated/α-hetero) is 2. The molecule has 0 radical (unpaired) electrons. The van der Waals surface area contributed by atoms with Crippen molar-refractivity contribution >= 4 is 22.5 Å². The number of hydrogen-bond donors (Lipinski definition) is 0. The van der Waals surface area contributed by atoms with E-state index in [1.807, 2.05) is 35.9 Å². The summed E-state index contributed by atoms with van der Waals surface area (Å²) >= 11 is 0. The second-order valence-corrected chi connectivity index (χ2v) is 4.31. The third-order valence-corrected chi connectivity index (χ3v) is 3.09. The Labute approximate surface area is 109 Å². The van der Waals surface area contributed by atoms with E-state index in [4.69, 9.17) is 4.42 Å². The first-order chi connectivity index (χ1) is 9.18. The van der Waals surface area contributed by atoms with E-state index < -0.39 is 11.6 Å². The molecule has 0 aliphatic heterocycles. The molecule has 2 heterocycles. The average molecular weight is 253 g/mol. The first-order valence-electron chi connectivity index (χ1n) is 5.85. The number of ketones is 2. The highest BCUT2D eigenvalue weighted by molar-refractivity contribution is 6.50. The highest BCUT2D eigenvalue weighted by Gasteiger charge is 2.23. The number of nitrogens with zero attached hydrogens (tertiary/aromatic N) is 1. The van der Waals surface area contributed by atoms with Gasteiger partial charge in [-0.05, 0) is 18.2 Å². The van der Waals surface area contributed by atoms with Crippen LogP contribution in [0.1, 0.15) is 20.9 Å². The van der Waals surface area contributed by atoms with Crippen LogP contribution in [0, 0.1) is 0 Å². The fourth-order valence-corrected chi connectivity index (χ4v) is 2.16. The van der Waals surface area contributed by atoms with E-state index in [1.54, 1.807) is 12.3 Å². The van der Waals surface area contributed by atoms with Gasteiger partial charge in [0.2, 0.25) is 5.78 Å². The molecule has 0 aliphatic rings. The minimum absolute atomic E-state index is 0.0675. The summed E-state index contributed by atoms with van der Waals surface area (Å²) in [5.41, 5.74) is 1.32. The number of fused-ring (bicyclic) bond motifs is 1. The molecule has 0 saturated carbocycles. The Balaban J connectivity index is 2.10. The summed E-state index contributed by atoms with van der Waals surface area (Å²) < 4.78 is 6.81. The molecule has 19 heavy (non-hydrogen) atoms. The Morgan fingerprint density at radius 1 is 1.05 bits per heavy atom. The molecule has 0 bridgehead atoms. The Bertz CT molecular complexity index is 766. The summed E-state index contributed by atoms with van der Waals surface area (Å²) in [6.07, 6.45) is 3.05. The predicted octanol–water partition coefficient (Wildman–Crippen LogP) is 2.84. The topological polar surface area (TPSA) is 52.2 Å². The lowest BCUT2D eigenvalue weighted by Gasteiger charge is -1.96. The zero-order valence-corrected chi connectivity index (χ0v) is 10.3. The quantitative estimate of drug-likeness (QED) is 0.532. The lowest BCUT2D eigenvalue weighted by Crippen LogP contribution is -2.13. The van der Waals surface area contributed by atoms with Crippen LogP contribution < -0.4 is 0 Å². The second kappa shape index (κ2) is 4.24. The van der Waals surface area contributed by atoms with Gasteiger partial charge in [0.15, 0.2) is 5.76 Å². The van der Waals surface area contributed by atoms with Crippen LogP contribution in [0.2, 0.25) is 0 Å². The smallest absolute Gasteiger partial charge is 0.268 e. The number of aromatic nitrogens is 1. The van der Waals surface area contributed by atoms with E-state index in [0.717, 1.165) is 10.9 Å². The molecule has 0 saturated heterocycles. The number of para-hydroxylation sites is 1.